The van der Waals surface area contributed by atoms with E-state index < -0.39 is 0 Å². The smallest absolute Gasteiger partial charge is 0.222 e. The number of nitrogens with one attached hydrogen (secondary N) is 2. The lowest BCUT2D eigenvalue weighted by Crippen LogP contribution is -2.35. The first-order valence-corrected chi connectivity index (χ1v) is 8.43. The lowest BCUT2D eigenvalue weighted by molar-refractivity contribution is -0.122. The van der Waals surface area contributed by atoms with Crippen LogP contribution < -0.4 is 10.6 Å². The molecule has 1 heterocycles. The van der Waals surface area contributed by atoms with Crippen LogP contribution in [0, 0.1) is 0 Å². The zero-order valence-corrected chi connectivity index (χ0v) is 14.6. The summed E-state index contributed by atoms with van der Waals surface area (Å²) < 4.78 is 0. The molecule has 0 spiro atoms. The minimum Gasteiger partial charge on any atom is -0.349 e. The van der Waals surface area contributed by atoms with Crippen molar-refractivity contribution in [2.24, 2.45) is 0 Å². The monoisotopic (exact) mass is 344 g/mol. The molecule has 3 nitrogen and oxygen atoms in total. The third kappa shape index (κ3) is 5.36. The molecule has 1 saturated heterocycles. The molecule has 2 aromatic rings. The number of amides is 1. The molecule has 1 aliphatic heterocycles. The highest BCUT2D eigenvalue weighted by atomic mass is 35.5. The Bertz CT molecular complexity index is 612. The van der Waals surface area contributed by atoms with E-state index in [0.29, 0.717) is 12.5 Å². The SMILES string of the molecule is Cl.O=C(CC1CCCN1)NC(Cc1ccccc1)c1ccccc1. The molecule has 2 atom stereocenters. The minimum atomic E-state index is 0. The summed E-state index contributed by atoms with van der Waals surface area (Å²) in [7, 11) is 0. The molecule has 2 N–H and O–H groups in total. The second kappa shape index (κ2) is 9.45. The largest absolute Gasteiger partial charge is 0.349 e. The summed E-state index contributed by atoms with van der Waals surface area (Å²) in [4.78, 5) is 12.4. The number of hydrogen-bond donors (Lipinski definition) is 2. The Balaban J connectivity index is 0.00000208. The Morgan fingerprint density at radius 3 is 2.38 bits per heavy atom. The van der Waals surface area contributed by atoms with E-state index in [2.05, 4.69) is 34.9 Å². The van der Waals surface area contributed by atoms with Crippen LogP contribution in [0.2, 0.25) is 0 Å². The highest BCUT2D eigenvalue weighted by Gasteiger charge is 2.20. The van der Waals surface area contributed by atoms with Crippen molar-refractivity contribution in [3.05, 3.63) is 71.8 Å². The summed E-state index contributed by atoms with van der Waals surface area (Å²) in [6.45, 7) is 1.03. The third-order valence-corrected chi connectivity index (χ3v) is 4.41. The van der Waals surface area contributed by atoms with E-state index in [1.807, 2.05) is 36.4 Å². The van der Waals surface area contributed by atoms with Crippen molar-refractivity contribution in [2.75, 3.05) is 6.54 Å². The molecule has 0 aromatic heterocycles. The molecule has 1 aliphatic rings. The van der Waals surface area contributed by atoms with E-state index in [1.165, 1.54) is 12.0 Å². The summed E-state index contributed by atoms with van der Waals surface area (Å²) in [5.74, 6) is 0.134. The third-order valence-electron chi connectivity index (χ3n) is 4.41. The number of rotatable bonds is 6. The quantitative estimate of drug-likeness (QED) is 0.839. The van der Waals surface area contributed by atoms with Crippen molar-refractivity contribution >= 4 is 18.3 Å². The maximum absolute atomic E-state index is 12.4. The first-order valence-electron chi connectivity index (χ1n) is 8.43. The van der Waals surface area contributed by atoms with Crippen LogP contribution in [0.5, 0.6) is 0 Å². The van der Waals surface area contributed by atoms with Gasteiger partial charge >= 0.3 is 0 Å². The van der Waals surface area contributed by atoms with E-state index >= 15 is 0 Å². The molecular weight excluding hydrogens is 320 g/mol. The maximum Gasteiger partial charge on any atom is 0.222 e. The van der Waals surface area contributed by atoms with Gasteiger partial charge in [0.05, 0.1) is 6.04 Å². The van der Waals surface area contributed by atoms with E-state index in [-0.39, 0.29) is 24.4 Å². The van der Waals surface area contributed by atoms with E-state index in [4.69, 9.17) is 0 Å². The molecule has 2 unspecified atom stereocenters. The van der Waals surface area contributed by atoms with Crippen LogP contribution >= 0.6 is 12.4 Å². The molecule has 24 heavy (non-hydrogen) atoms. The Labute approximate surface area is 150 Å². The van der Waals surface area contributed by atoms with Crippen LogP contribution in [0.3, 0.4) is 0 Å². The van der Waals surface area contributed by atoms with Crippen molar-refractivity contribution in [1.29, 1.82) is 0 Å². The molecular formula is C20H25ClN2O. The van der Waals surface area contributed by atoms with Crippen LogP contribution in [0.1, 0.15) is 36.4 Å². The van der Waals surface area contributed by atoms with E-state index in [0.717, 1.165) is 24.9 Å². The highest BCUT2D eigenvalue weighted by Crippen LogP contribution is 2.19. The molecule has 0 aliphatic carbocycles. The summed E-state index contributed by atoms with van der Waals surface area (Å²) in [6.07, 6.45) is 3.65. The molecule has 4 heteroatoms. The molecule has 128 valence electrons. The van der Waals surface area contributed by atoms with E-state index in [9.17, 15) is 4.79 Å². The fourth-order valence-corrected chi connectivity index (χ4v) is 3.20. The van der Waals surface area contributed by atoms with Crippen LogP contribution in [0.15, 0.2) is 60.7 Å². The van der Waals surface area contributed by atoms with Gasteiger partial charge in [-0.3, -0.25) is 4.79 Å². The van der Waals surface area contributed by atoms with Gasteiger partial charge in [0.15, 0.2) is 0 Å². The molecule has 3 rings (SSSR count). The topological polar surface area (TPSA) is 41.1 Å². The fraction of sp³-hybridized carbons (Fsp3) is 0.350. The summed E-state index contributed by atoms with van der Waals surface area (Å²) in [5.41, 5.74) is 2.39. The molecule has 0 saturated carbocycles. The lowest BCUT2D eigenvalue weighted by Gasteiger charge is -2.21. The van der Waals surface area contributed by atoms with Crippen molar-refractivity contribution < 1.29 is 4.79 Å². The summed E-state index contributed by atoms with van der Waals surface area (Å²) >= 11 is 0. The molecule has 0 bridgehead atoms. The van der Waals surface area contributed by atoms with Crippen LogP contribution in [0.25, 0.3) is 0 Å². The predicted molar refractivity (Wildman–Crippen MR) is 100 cm³/mol. The maximum atomic E-state index is 12.4. The average molecular weight is 345 g/mol. The number of hydrogen-bond acceptors (Lipinski definition) is 2. The van der Waals surface area contributed by atoms with Crippen molar-refractivity contribution in [1.82, 2.24) is 10.6 Å². The summed E-state index contributed by atoms with van der Waals surface area (Å²) in [6, 6.07) is 20.9. The van der Waals surface area contributed by atoms with Gasteiger partial charge in [-0.05, 0) is 36.9 Å². The zero-order valence-electron chi connectivity index (χ0n) is 13.8. The normalized spacial score (nSPS) is 17.8. The van der Waals surface area contributed by atoms with Gasteiger partial charge in [-0.2, -0.15) is 0 Å². The highest BCUT2D eigenvalue weighted by molar-refractivity contribution is 5.85. The Kier molecular flexibility index (Phi) is 7.29. The number of carbonyl (C=O) groups is 1. The first-order chi connectivity index (χ1) is 11.3. The van der Waals surface area contributed by atoms with Crippen LogP contribution in [-0.4, -0.2) is 18.5 Å². The van der Waals surface area contributed by atoms with Crippen LogP contribution in [-0.2, 0) is 11.2 Å². The van der Waals surface area contributed by atoms with Crippen molar-refractivity contribution in [3.8, 4) is 0 Å². The summed E-state index contributed by atoms with van der Waals surface area (Å²) in [5, 5.41) is 6.62. The molecule has 2 aromatic carbocycles. The second-order valence-electron chi connectivity index (χ2n) is 6.22. The van der Waals surface area contributed by atoms with Gasteiger partial charge in [0.25, 0.3) is 0 Å². The number of benzene rings is 2. The molecule has 0 radical (unpaired) electrons. The van der Waals surface area contributed by atoms with Gasteiger partial charge < -0.3 is 10.6 Å². The Morgan fingerprint density at radius 2 is 1.75 bits per heavy atom. The van der Waals surface area contributed by atoms with Gasteiger partial charge in [0, 0.05) is 12.5 Å². The van der Waals surface area contributed by atoms with Gasteiger partial charge in [-0.25, -0.2) is 0 Å². The number of halogens is 1. The van der Waals surface area contributed by atoms with Gasteiger partial charge in [0.1, 0.15) is 0 Å². The zero-order chi connectivity index (χ0) is 15.9. The first kappa shape index (κ1) is 18.5. The van der Waals surface area contributed by atoms with Gasteiger partial charge in [0.2, 0.25) is 5.91 Å². The van der Waals surface area contributed by atoms with Crippen molar-refractivity contribution in [3.63, 3.8) is 0 Å². The van der Waals surface area contributed by atoms with Crippen molar-refractivity contribution in [2.45, 2.75) is 37.8 Å². The van der Waals surface area contributed by atoms with Gasteiger partial charge in [-0.1, -0.05) is 60.7 Å². The van der Waals surface area contributed by atoms with E-state index in [1.54, 1.807) is 0 Å². The Hall–Kier alpha value is -1.84. The minimum absolute atomic E-state index is 0. The fourth-order valence-electron chi connectivity index (χ4n) is 3.20. The predicted octanol–water partition coefficient (Wildman–Crippen LogP) is 3.65. The average Bonchev–Trinajstić information content (AvgIpc) is 3.09. The van der Waals surface area contributed by atoms with Crippen LogP contribution in [0.4, 0.5) is 0 Å². The lowest BCUT2D eigenvalue weighted by atomic mass is 9.98. The van der Waals surface area contributed by atoms with Gasteiger partial charge in [-0.15, -0.1) is 12.4 Å². The number of carbonyl (C=O) groups excluding carboxylic acids is 1. The Morgan fingerprint density at radius 1 is 1.08 bits per heavy atom. The molecule has 1 fully saturated rings. The second-order valence-corrected chi connectivity index (χ2v) is 6.22. The molecule has 1 amide bonds. The standard InChI is InChI=1S/C20H24N2O.ClH/c23-20(15-18-12-7-13-21-18)22-19(17-10-5-2-6-11-17)14-16-8-3-1-4-9-16;/h1-6,8-11,18-19,21H,7,12-15H2,(H,22,23);1H.